The second kappa shape index (κ2) is 8.75. The highest BCUT2D eigenvalue weighted by Gasteiger charge is 2.35. The molecule has 1 atom stereocenters. The number of likely N-dealkylation sites (N-methyl/N-ethyl adjacent to an activating group) is 1. The molecule has 7 nitrogen and oxygen atoms in total. The highest BCUT2D eigenvalue weighted by Crippen LogP contribution is 2.30. The molecule has 0 spiro atoms. The van der Waals surface area contributed by atoms with E-state index in [0.717, 1.165) is 49.4 Å². The average Bonchev–Trinajstić information content (AvgIpc) is 2.67. The molecule has 0 bridgehead atoms. The molecule has 2 N–H and O–H groups in total. The second-order valence-electron chi connectivity index (χ2n) is 7.49. The van der Waals surface area contributed by atoms with Crippen molar-refractivity contribution in [3.05, 3.63) is 46.2 Å². The predicted molar refractivity (Wildman–Crippen MR) is 108 cm³/mol. The van der Waals surface area contributed by atoms with Crippen molar-refractivity contribution in [3.8, 4) is 0 Å². The number of hydrogen-bond acceptors (Lipinski definition) is 5. The monoisotopic (exact) mass is 386 g/mol. The first-order valence-corrected chi connectivity index (χ1v) is 9.83. The van der Waals surface area contributed by atoms with Crippen LogP contribution in [0.4, 0.5) is 4.79 Å². The van der Waals surface area contributed by atoms with Gasteiger partial charge in [-0.25, -0.2) is 9.59 Å². The van der Waals surface area contributed by atoms with Gasteiger partial charge in [0, 0.05) is 38.4 Å². The van der Waals surface area contributed by atoms with Crippen LogP contribution < -0.4 is 10.6 Å². The topological polar surface area (TPSA) is 73.9 Å². The summed E-state index contributed by atoms with van der Waals surface area (Å²) in [5.41, 5.74) is 4.19. The minimum absolute atomic E-state index is 0.292. The van der Waals surface area contributed by atoms with Crippen LogP contribution in [-0.2, 0) is 9.53 Å². The normalized spacial score (nSPS) is 21.3. The van der Waals surface area contributed by atoms with Crippen molar-refractivity contribution in [2.24, 2.45) is 0 Å². The highest BCUT2D eigenvalue weighted by molar-refractivity contribution is 5.95. The number of esters is 1. The van der Waals surface area contributed by atoms with Crippen LogP contribution in [0.15, 0.2) is 29.5 Å². The third kappa shape index (κ3) is 4.36. The van der Waals surface area contributed by atoms with E-state index < -0.39 is 12.0 Å². The molecule has 0 aliphatic carbocycles. The van der Waals surface area contributed by atoms with Gasteiger partial charge in [0.25, 0.3) is 0 Å². The maximum Gasteiger partial charge on any atom is 0.338 e. The van der Waals surface area contributed by atoms with Crippen LogP contribution in [0.25, 0.3) is 0 Å². The third-order valence-electron chi connectivity index (χ3n) is 5.59. The van der Waals surface area contributed by atoms with E-state index in [2.05, 4.69) is 33.4 Å². The standard InChI is InChI=1S/C21H30N4O3/c1-5-24-8-10-25(11-9-24)13-17-18(20(26)28-4)19(23-21(27)22-17)16-7-6-14(2)12-15(16)3/h6-7,12,19H,5,8-11,13H2,1-4H3,(H2,22,23,27)/t19-/m0/s1. The maximum atomic E-state index is 12.7. The summed E-state index contributed by atoms with van der Waals surface area (Å²) in [5, 5.41) is 5.76. The Kier molecular flexibility index (Phi) is 6.36. The second-order valence-corrected chi connectivity index (χ2v) is 7.49. The molecule has 0 saturated carbocycles. The van der Waals surface area contributed by atoms with Gasteiger partial charge >= 0.3 is 12.0 Å². The number of carbonyl (C=O) groups excluding carboxylic acids is 2. The molecule has 7 heteroatoms. The van der Waals surface area contributed by atoms with Gasteiger partial charge in [-0.3, -0.25) is 4.90 Å². The fraction of sp³-hybridized carbons (Fsp3) is 0.524. The molecule has 2 aliphatic rings. The van der Waals surface area contributed by atoms with Gasteiger partial charge in [-0.1, -0.05) is 30.7 Å². The van der Waals surface area contributed by atoms with Crippen molar-refractivity contribution in [3.63, 3.8) is 0 Å². The molecule has 1 fully saturated rings. The first-order chi connectivity index (χ1) is 13.4. The van der Waals surface area contributed by atoms with E-state index in [1.54, 1.807) is 0 Å². The first kappa shape index (κ1) is 20.4. The van der Waals surface area contributed by atoms with E-state index in [0.29, 0.717) is 17.8 Å². The Hall–Kier alpha value is -2.38. The Balaban J connectivity index is 1.94. The largest absolute Gasteiger partial charge is 0.466 e. The lowest BCUT2D eigenvalue weighted by atomic mass is 9.91. The number of piperazine rings is 1. The zero-order valence-electron chi connectivity index (χ0n) is 17.2. The number of carbonyl (C=O) groups is 2. The Labute approximate surface area is 166 Å². The SMILES string of the molecule is CCN1CCN(CC2=C(C(=O)OC)[C@H](c3ccc(C)cc3C)NC(=O)N2)CC1. The molecule has 3 rings (SSSR count). The molecule has 0 radical (unpaired) electrons. The molecular weight excluding hydrogens is 356 g/mol. The minimum atomic E-state index is -0.520. The smallest absolute Gasteiger partial charge is 0.338 e. The van der Waals surface area contributed by atoms with E-state index in [-0.39, 0.29) is 6.03 Å². The van der Waals surface area contributed by atoms with Crippen LogP contribution in [0.1, 0.15) is 29.7 Å². The molecule has 1 aromatic carbocycles. The maximum absolute atomic E-state index is 12.7. The lowest BCUT2D eigenvalue weighted by molar-refractivity contribution is -0.136. The van der Waals surface area contributed by atoms with Crippen LogP contribution in [0.3, 0.4) is 0 Å². The van der Waals surface area contributed by atoms with Crippen molar-refractivity contribution in [2.75, 3.05) is 46.4 Å². The third-order valence-corrected chi connectivity index (χ3v) is 5.59. The quantitative estimate of drug-likeness (QED) is 0.754. The van der Waals surface area contributed by atoms with Gasteiger partial charge in [0.2, 0.25) is 0 Å². The summed E-state index contributed by atoms with van der Waals surface area (Å²) in [7, 11) is 1.38. The van der Waals surface area contributed by atoms with E-state index >= 15 is 0 Å². The number of urea groups is 1. The van der Waals surface area contributed by atoms with Crippen molar-refractivity contribution >= 4 is 12.0 Å². The Morgan fingerprint density at radius 3 is 2.46 bits per heavy atom. The minimum Gasteiger partial charge on any atom is -0.466 e. The Morgan fingerprint density at radius 2 is 1.86 bits per heavy atom. The summed E-state index contributed by atoms with van der Waals surface area (Å²) in [6.45, 7) is 11.5. The molecule has 28 heavy (non-hydrogen) atoms. The van der Waals surface area contributed by atoms with Crippen molar-refractivity contribution in [1.82, 2.24) is 20.4 Å². The Bertz CT molecular complexity index is 782. The number of aryl methyl sites for hydroxylation is 2. The van der Waals surface area contributed by atoms with Crippen molar-refractivity contribution in [2.45, 2.75) is 26.8 Å². The number of rotatable bonds is 5. The molecule has 1 saturated heterocycles. The number of nitrogens with zero attached hydrogens (tertiary/aromatic N) is 2. The molecule has 2 amide bonds. The van der Waals surface area contributed by atoms with Crippen LogP contribution in [0, 0.1) is 13.8 Å². The summed E-state index contributed by atoms with van der Waals surface area (Å²) < 4.78 is 5.08. The van der Waals surface area contributed by atoms with Crippen LogP contribution >= 0.6 is 0 Å². The number of ether oxygens (including phenoxy) is 1. The van der Waals surface area contributed by atoms with Crippen LogP contribution in [0.5, 0.6) is 0 Å². The van der Waals surface area contributed by atoms with E-state index in [9.17, 15) is 9.59 Å². The fourth-order valence-corrected chi connectivity index (χ4v) is 3.96. The average molecular weight is 386 g/mol. The summed E-state index contributed by atoms with van der Waals surface area (Å²) in [6, 6.07) is 5.21. The number of amides is 2. The first-order valence-electron chi connectivity index (χ1n) is 9.83. The summed E-state index contributed by atoms with van der Waals surface area (Å²) >= 11 is 0. The highest BCUT2D eigenvalue weighted by atomic mass is 16.5. The molecule has 0 unspecified atom stereocenters. The van der Waals surface area contributed by atoms with Gasteiger partial charge in [0.05, 0.1) is 18.7 Å². The van der Waals surface area contributed by atoms with Gasteiger partial charge in [-0.2, -0.15) is 0 Å². The molecule has 0 aromatic heterocycles. The van der Waals surface area contributed by atoms with Gasteiger partial charge in [0.1, 0.15) is 0 Å². The van der Waals surface area contributed by atoms with Crippen LogP contribution in [0.2, 0.25) is 0 Å². The number of nitrogens with one attached hydrogen (secondary N) is 2. The van der Waals surface area contributed by atoms with Gasteiger partial charge < -0.3 is 20.3 Å². The summed E-state index contributed by atoms with van der Waals surface area (Å²) in [5.74, 6) is -0.417. The molecule has 2 aliphatic heterocycles. The molecule has 152 valence electrons. The summed E-state index contributed by atoms with van der Waals surface area (Å²) in [6.07, 6.45) is 0. The van der Waals surface area contributed by atoms with E-state index in [4.69, 9.17) is 4.74 Å². The van der Waals surface area contributed by atoms with E-state index in [1.165, 1.54) is 7.11 Å². The number of hydrogen-bond donors (Lipinski definition) is 2. The fourth-order valence-electron chi connectivity index (χ4n) is 3.96. The van der Waals surface area contributed by atoms with Gasteiger partial charge in [-0.05, 0) is 31.5 Å². The summed E-state index contributed by atoms with van der Waals surface area (Å²) in [4.78, 5) is 29.8. The van der Waals surface area contributed by atoms with Gasteiger partial charge in [0.15, 0.2) is 0 Å². The van der Waals surface area contributed by atoms with Crippen molar-refractivity contribution < 1.29 is 14.3 Å². The van der Waals surface area contributed by atoms with E-state index in [1.807, 2.05) is 26.0 Å². The number of methoxy groups -OCH3 is 1. The predicted octanol–water partition coefficient (Wildman–Crippen LogP) is 1.72. The number of benzene rings is 1. The van der Waals surface area contributed by atoms with Gasteiger partial charge in [-0.15, -0.1) is 0 Å². The molecule has 1 aromatic rings. The zero-order chi connectivity index (χ0) is 20.3. The molecular formula is C21H30N4O3. The van der Waals surface area contributed by atoms with Crippen LogP contribution in [-0.4, -0.2) is 68.2 Å². The van der Waals surface area contributed by atoms with Crippen molar-refractivity contribution in [1.29, 1.82) is 0 Å². The zero-order valence-corrected chi connectivity index (χ0v) is 17.2. The molecule has 2 heterocycles. The lowest BCUT2D eigenvalue weighted by Gasteiger charge is -2.36. The Morgan fingerprint density at radius 1 is 1.18 bits per heavy atom. The lowest BCUT2D eigenvalue weighted by Crippen LogP contribution is -2.51.